The molecule has 0 saturated heterocycles. The zero-order chi connectivity index (χ0) is 7.68. The Bertz CT molecular complexity index is 230. The van der Waals surface area contributed by atoms with Gasteiger partial charge in [0.2, 0.25) is 0 Å². The monoisotopic (exact) mass is 222 g/mol. The fraction of sp³-hybridized carbons (Fsp3) is 0.625. The molecule has 0 saturated carbocycles. The van der Waals surface area contributed by atoms with Crippen LogP contribution in [0.5, 0.6) is 0 Å². The lowest BCUT2D eigenvalue weighted by Gasteiger charge is -2.17. The largest absolute Gasteiger partial charge is 0.412 e. The summed E-state index contributed by atoms with van der Waals surface area (Å²) >= 11 is 1.76. The van der Waals surface area contributed by atoms with Crippen LogP contribution in [0.3, 0.4) is 0 Å². The fourth-order valence-electron chi connectivity index (χ4n) is 1.37. The van der Waals surface area contributed by atoms with Crippen LogP contribution in [0, 0.1) is 0 Å². The van der Waals surface area contributed by atoms with Crippen molar-refractivity contribution in [2.45, 2.75) is 19.8 Å². The van der Waals surface area contributed by atoms with Gasteiger partial charge in [-0.1, -0.05) is 11.8 Å². The van der Waals surface area contributed by atoms with E-state index in [1.54, 1.807) is 11.8 Å². The average Bonchev–Trinajstić information content (AvgIpc) is 2.25. The maximum atomic E-state index is 4.49. The molecule has 2 aliphatic heterocycles. The van der Waals surface area contributed by atoms with Crippen LogP contribution in [0.1, 0.15) is 19.8 Å². The van der Waals surface area contributed by atoms with E-state index in [1.807, 2.05) is 0 Å². The summed E-state index contributed by atoms with van der Waals surface area (Å²) in [5, 5.41) is 3.39. The normalized spacial score (nSPS) is 20.2. The second-order valence-electron chi connectivity index (χ2n) is 2.90. The Hall–Kier alpha value is -0.190. The highest BCUT2D eigenvalue weighted by molar-refractivity contribution is 8.16. The quantitative estimate of drug-likeness (QED) is 0.626. The van der Waals surface area contributed by atoms with E-state index in [-0.39, 0.29) is 17.9 Å². The van der Waals surface area contributed by atoms with E-state index in [1.165, 1.54) is 23.7 Å². The summed E-state index contributed by atoms with van der Waals surface area (Å²) in [6, 6.07) is 0. The Morgan fingerprint density at radius 1 is 1.46 bits per heavy atom. The van der Waals surface area contributed by atoms with Gasteiger partial charge in [-0.3, -0.25) is 4.99 Å². The first-order valence-electron chi connectivity index (χ1n) is 4.03. The number of hydrogen-bond acceptors (Lipinski definition) is 3. The number of nitrogens with zero attached hydrogens (tertiary/aromatic N) is 2. The van der Waals surface area contributed by atoms with Crippen LogP contribution in [0.2, 0.25) is 0 Å². The first-order valence-corrected chi connectivity index (χ1v) is 4.91. The van der Waals surface area contributed by atoms with Crippen LogP contribution >= 0.6 is 24.2 Å². The van der Waals surface area contributed by atoms with Crippen molar-refractivity contribution in [1.82, 2.24) is 4.90 Å². The summed E-state index contributed by atoms with van der Waals surface area (Å²) in [5.41, 5.74) is 1.36. The molecule has 0 fully saturated rings. The lowest BCUT2D eigenvalue weighted by Crippen LogP contribution is -2.22. The van der Waals surface area contributed by atoms with Crippen molar-refractivity contribution in [1.29, 1.82) is 0 Å². The second kappa shape index (κ2) is 5.52. The fourth-order valence-corrected chi connectivity index (χ4v) is 2.30. The molecule has 2 rings (SSSR count). The summed E-state index contributed by atoms with van der Waals surface area (Å²) < 4.78 is 0. The molecule has 0 unspecified atom stereocenters. The predicted molar refractivity (Wildman–Crippen MR) is 60.5 cm³/mol. The molecule has 76 valence electrons. The minimum Gasteiger partial charge on any atom is -0.412 e. The highest BCUT2D eigenvalue weighted by Gasteiger charge is 2.20. The SMILES string of the molecule is CC1=CSC2=NCCCCN12.Cl.O. The Labute approximate surface area is 89.0 Å². The molecule has 0 aromatic carbocycles. The molecule has 0 aromatic heterocycles. The molecule has 0 atom stereocenters. The second-order valence-corrected chi connectivity index (χ2v) is 3.74. The van der Waals surface area contributed by atoms with Crippen LogP contribution < -0.4 is 0 Å². The molecule has 0 amide bonds. The summed E-state index contributed by atoms with van der Waals surface area (Å²) in [4.78, 5) is 6.81. The van der Waals surface area contributed by atoms with E-state index < -0.39 is 0 Å². The number of hydrogen-bond donors (Lipinski definition) is 0. The molecule has 3 nitrogen and oxygen atoms in total. The van der Waals surface area contributed by atoms with Crippen molar-refractivity contribution in [2.75, 3.05) is 13.1 Å². The van der Waals surface area contributed by atoms with Gasteiger partial charge in [0.05, 0.1) is 0 Å². The van der Waals surface area contributed by atoms with E-state index in [2.05, 4.69) is 22.2 Å². The Balaban J connectivity index is 0.000000720. The molecule has 0 aliphatic carbocycles. The number of fused-ring (bicyclic) bond motifs is 1. The van der Waals surface area contributed by atoms with Crippen LogP contribution in [0.15, 0.2) is 16.1 Å². The van der Waals surface area contributed by atoms with Gasteiger partial charge in [-0.2, -0.15) is 0 Å². The minimum absolute atomic E-state index is 0. The van der Waals surface area contributed by atoms with Crippen LogP contribution in [-0.4, -0.2) is 28.6 Å². The van der Waals surface area contributed by atoms with Crippen LogP contribution in [0.4, 0.5) is 0 Å². The highest BCUT2D eigenvalue weighted by atomic mass is 35.5. The third-order valence-corrected chi connectivity index (χ3v) is 3.05. The number of allylic oxidation sites excluding steroid dienone is 1. The van der Waals surface area contributed by atoms with Gasteiger partial charge in [0.15, 0.2) is 5.17 Å². The first kappa shape index (κ1) is 12.8. The Kier molecular flexibility index (Phi) is 5.44. The van der Waals surface area contributed by atoms with E-state index in [0.29, 0.717) is 0 Å². The lowest BCUT2D eigenvalue weighted by atomic mass is 10.3. The molecule has 0 aromatic rings. The van der Waals surface area contributed by atoms with Crippen molar-refractivity contribution >= 4 is 29.3 Å². The molecular formula is C8H15ClN2OS. The number of halogens is 1. The summed E-state index contributed by atoms with van der Waals surface area (Å²) in [5.74, 6) is 0. The number of amidine groups is 1. The maximum absolute atomic E-state index is 4.49. The van der Waals surface area contributed by atoms with Crippen LogP contribution in [-0.2, 0) is 0 Å². The van der Waals surface area contributed by atoms with Crippen molar-refractivity contribution in [3.63, 3.8) is 0 Å². The third kappa shape index (κ3) is 2.62. The smallest absolute Gasteiger partial charge is 0.167 e. The third-order valence-electron chi connectivity index (χ3n) is 2.03. The predicted octanol–water partition coefficient (Wildman–Crippen LogP) is 1.64. The molecule has 0 bridgehead atoms. The van der Waals surface area contributed by atoms with Gasteiger partial charge in [-0.15, -0.1) is 12.4 Å². The Morgan fingerprint density at radius 2 is 2.23 bits per heavy atom. The number of rotatable bonds is 0. The van der Waals surface area contributed by atoms with Crippen molar-refractivity contribution in [3.8, 4) is 0 Å². The van der Waals surface area contributed by atoms with Gasteiger partial charge < -0.3 is 10.4 Å². The molecule has 2 aliphatic rings. The first-order chi connectivity index (χ1) is 5.38. The minimum atomic E-state index is 0. The van der Waals surface area contributed by atoms with Gasteiger partial charge in [-0.05, 0) is 25.2 Å². The topological polar surface area (TPSA) is 47.1 Å². The number of aliphatic imine (C=N–C) groups is 1. The number of thioether (sulfide) groups is 1. The van der Waals surface area contributed by atoms with Gasteiger partial charge in [-0.25, -0.2) is 0 Å². The molecule has 2 N–H and O–H groups in total. The van der Waals surface area contributed by atoms with Gasteiger partial charge in [0.1, 0.15) is 0 Å². The van der Waals surface area contributed by atoms with E-state index >= 15 is 0 Å². The summed E-state index contributed by atoms with van der Waals surface area (Å²) in [6.07, 6.45) is 2.52. The Morgan fingerprint density at radius 3 is 3.00 bits per heavy atom. The van der Waals surface area contributed by atoms with Crippen molar-refractivity contribution < 1.29 is 5.48 Å². The molecule has 13 heavy (non-hydrogen) atoms. The summed E-state index contributed by atoms with van der Waals surface area (Å²) in [7, 11) is 0. The van der Waals surface area contributed by atoms with Gasteiger partial charge in [0, 0.05) is 18.8 Å². The van der Waals surface area contributed by atoms with Gasteiger partial charge >= 0.3 is 0 Å². The van der Waals surface area contributed by atoms with Gasteiger partial charge in [0.25, 0.3) is 0 Å². The molecular weight excluding hydrogens is 208 g/mol. The zero-order valence-corrected chi connectivity index (χ0v) is 9.25. The van der Waals surface area contributed by atoms with E-state index in [9.17, 15) is 0 Å². The molecule has 0 spiro atoms. The van der Waals surface area contributed by atoms with E-state index in [0.717, 1.165) is 13.1 Å². The standard InChI is InChI=1S/C8H12N2S.ClH.H2O/c1-7-6-11-8-9-4-2-3-5-10(7)8;;/h6H,2-5H2,1H3;1H;1H2. The zero-order valence-electron chi connectivity index (χ0n) is 7.62. The van der Waals surface area contributed by atoms with Crippen molar-refractivity contribution in [2.24, 2.45) is 4.99 Å². The highest BCUT2D eigenvalue weighted by Crippen LogP contribution is 2.27. The van der Waals surface area contributed by atoms with E-state index in [4.69, 9.17) is 0 Å². The maximum Gasteiger partial charge on any atom is 0.167 e. The molecule has 2 heterocycles. The molecule has 5 heteroatoms. The van der Waals surface area contributed by atoms with Crippen molar-refractivity contribution in [3.05, 3.63) is 11.1 Å². The average molecular weight is 223 g/mol. The summed E-state index contributed by atoms with van der Waals surface area (Å²) in [6.45, 7) is 4.33. The lowest BCUT2D eigenvalue weighted by molar-refractivity contribution is 0.515. The molecule has 0 radical (unpaired) electrons. The van der Waals surface area contributed by atoms with Crippen LogP contribution in [0.25, 0.3) is 0 Å².